The van der Waals surface area contributed by atoms with Crippen LogP contribution in [0.15, 0.2) is 48.5 Å². The van der Waals surface area contributed by atoms with Gasteiger partial charge in [0, 0.05) is 5.39 Å². The summed E-state index contributed by atoms with van der Waals surface area (Å²) in [6.07, 6.45) is 14.1. The zero-order chi connectivity index (χ0) is 25.6. The summed E-state index contributed by atoms with van der Waals surface area (Å²) in [5.74, 6) is -0.917. The molecule has 0 unspecified atom stereocenters. The number of rotatable bonds is 17. The molecule has 0 saturated carbocycles. The molecule has 3 rings (SSSR count). The Balaban J connectivity index is 1.59. The van der Waals surface area contributed by atoms with Crippen LogP contribution < -0.4 is 9.47 Å². The summed E-state index contributed by atoms with van der Waals surface area (Å²) in [5.41, 5.74) is 1.95. The van der Waals surface area contributed by atoms with Crippen molar-refractivity contribution in [1.29, 1.82) is 0 Å². The van der Waals surface area contributed by atoms with Gasteiger partial charge in [-0.25, -0.2) is 4.39 Å². The molecule has 0 amide bonds. The van der Waals surface area contributed by atoms with E-state index in [4.69, 9.17) is 9.47 Å². The monoisotopic (exact) mass is 496 g/mol. The first-order valence-corrected chi connectivity index (χ1v) is 13.9. The van der Waals surface area contributed by atoms with Crippen molar-refractivity contribution in [3.05, 3.63) is 60.2 Å². The molecule has 0 atom stereocenters. The lowest BCUT2D eigenvalue weighted by molar-refractivity contribution is 0.289. The smallest absolute Gasteiger partial charge is 0.201 e. The second-order valence-corrected chi connectivity index (χ2v) is 9.69. The highest BCUT2D eigenvalue weighted by molar-refractivity contribution is 5.92. The number of ether oxygens (including phenoxy) is 2. The minimum absolute atomic E-state index is 0.0172. The van der Waals surface area contributed by atoms with Crippen molar-refractivity contribution in [3.63, 3.8) is 0 Å². The van der Waals surface area contributed by atoms with Gasteiger partial charge < -0.3 is 9.47 Å². The SMILES string of the molecule is CCCCCCCCOc1ccc(-c2ccc3c(OCCCCCCCC)c(F)c(F)cc3c2)cc1. The van der Waals surface area contributed by atoms with E-state index in [1.54, 1.807) is 0 Å². The molecular weight excluding hydrogens is 454 g/mol. The van der Waals surface area contributed by atoms with Crippen LogP contribution in [0, 0.1) is 11.6 Å². The molecule has 0 radical (unpaired) electrons. The molecular formula is C32H42F2O2. The van der Waals surface area contributed by atoms with E-state index >= 15 is 0 Å². The molecule has 36 heavy (non-hydrogen) atoms. The first-order chi connectivity index (χ1) is 17.6. The van der Waals surface area contributed by atoms with E-state index in [9.17, 15) is 8.78 Å². The Bertz CT molecular complexity index is 1050. The number of benzene rings is 3. The zero-order valence-corrected chi connectivity index (χ0v) is 22.1. The van der Waals surface area contributed by atoms with Crippen molar-refractivity contribution >= 4 is 10.8 Å². The van der Waals surface area contributed by atoms with E-state index in [0.717, 1.165) is 49.2 Å². The number of hydrogen-bond acceptors (Lipinski definition) is 2. The average molecular weight is 497 g/mol. The fourth-order valence-corrected chi connectivity index (χ4v) is 4.51. The van der Waals surface area contributed by atoms with E-state index in [2.05, 4.69) is 13.8 Å². The Morgan fingerprint density at radius 1 is 0.583 bits per heavy atom. The molecule has 3 aromatic rings. The Kier molecular flexibility index (Phi) is 12.0. The molecule has 0 aliphatic rings. The van der Waals surface area contributed by atoms with E-state index in [-0.39, 0.29) is 5.75 Å². The second kappa shape index (κ2) is 15.5. The van der Waals surface area contributed by atoms with Gasteiger partial charge >= 0.3 is 0 Å². The lowest BCUT2D eigenvalue weighted by Gasteiger charge is -2.13. The molecule has 196 valence electrons. The first-order valence-electron chi connectivity index (χ1n) is 13.9. The Hall–Kier alpha value is -2.62. The highest BCUT2D eigenvalue weighted by atomic mass is 19.2. The van der Waals surface area contributed by atoms with Gasteiger partial charge in [-0.05, 0) is 59.7 Å². The summed E-state index contributed by atoms with van der Waals surface area (Å²) in [7, 11) is 0. The number of halogens is 2. The summed E-state index contributed by atoms with van der Waals surface area (Å²) >= 11 is 0. The minimum atomic E-state index is -0.909. The van der Waals surface area contributed by atoms with Crippen molar-refractivity contribution in [1.82, 2.24) is 0 Å². The standard InChI is InChI=1S/C32H42F2O2/c1-3-5-7-9-11-13-21-35-28-18-15-25(16-19-28)26-17-20-29-27(23-26)24-30(33)31(34)32(29)36-22-14-12-10-8-6-4-2/h15-20,23-24H,3-14,21-22H2,1-2H3. The molecule has 0 aromatic heterocycles. The third-order valence-corrected chi connectivity index (χ3v) is 6.69. The van der Waals surface area contributed by atoms with Gasteiger partial charge in [0.1, 0.15) is 5.75 Å². The second-order valence-electron chi connectivity index (χ2n) is 9.69. The van der Waals surface area contributed by atoms with E-state index in [1.807, 2.05) is 42.5 Å². The van der Waals surface area contributed by atoms with Crippen LogP contribution in [0.2, 0.25) is 0 Å². The van der Waals surface area contributed by atoms with Gasteiger partial charge in [-0.1, -0.05) is 96.3 Å². The van der Waals surface area contributed by atoms with Gasteiger partial charge in [0.05, 0.1) is 13.2 Å². The van der Waals surface area contributed by atoms with Gasteiger partial charge in [0.15, 0.2) is 11.6 Å². The van der Waals surface area contributed by atoms with Crippen molar-refractivity contribution in [2.75, 3.05) is 13.2 Å². The molecule has 0 aliphatic heterocycles. The van der Waals surface area contributed by atoms with Crippen LogP contribution in [-0.4, -0.2) is 13.2 Å². The predicted molar refractivity (Wildman–Crippen MR) is 147 cm³/mol. The summed E-state index contributed by atoms with van der Waals surface area (Å²) in [6.45, 7) is 5.54. The molecule has 2 nitrogen and oxygen atoms in total. The molecule has 0 spiro atoms. The fourth-order valence-electron chi connectivity index (χ4n) is 4.51. The number of fused-ring (bicyclic) bond motifs is 1. The maximum absolute atomic E-state index is 14.6. The van der Waals surface area contributed by atoms with Gasteiger partial charge in [-0.2, -0.15) is 4.39 Å². The molecule has 0 saturated heterocycles. The molecule has 0 fully saturated rings. The average Bonchev–Trinajstić information content (AvgIpc) is 2.89. The minimum Gasteiger partial charge on any atom is -0.494 e. The van der Waals surface area contributed by atoms with Crippen LogP contribution in [0.1, 0.15) is 90.9 Å². The van der Waals surface area contributed by atoms with Gasteiger partial charge in [0.2, 0.25) is 5.82 Å². The van der Waals surface area contributed by atoms with Crippen LogP contribution in [0.3, 0.4) is 0 Å². The Morgan fingerprint density at radius 3 is 1.78 bits per heavy atom. The van der Waals surface area contributed by atoms with Gasteiger partial charge in [-0.3, -0.25) is 0 Å². The molecule has 0 bridgehead atoms. The molecule has 0 heterocycles. The molecule has 0 N–H and O–H groups in total. The molecule has 3 aromatic carbocycles. The predicted octanol–water partition coefficient (Wildman–Crippen LogP) is 10.3. The van der Waals surface area contributed by atoms with Crippen molar-refractivity contribution < 1.29 is 18.3 Å². The first kappa shape index (κ1) is 28.0. The maximum atomic E-state index is 14.6. The number of hydrogen-bond donors (Lipinski definition) is 0. The summed E-state index contributed by atoms with van der Waals surface area (Å²) in [5, 5.41) is 1.23. The van der Waals surface area contributed by atoms with E-state index in [1.165, 1.54) is 57.4 Å². The molecule has 0 aliphatic carbocycles. The maximum Gasteiger partial charge on any atom is 0.201 e. The van der Waals surface area contributed by atoms with Crippen LogP contribution >= 0.6 is 0 Å². The van der Waals surface area contributed by atoms with Crippen molar-refractivity contribution in [2.24, 2.45) is 0 Å². The van der Waals surface area contributed by atoms with Gasteiger partial charge in [-0.15, -0.1) is 0 Å². The van der Waals surface area contributed by atoms with E-state index < -0.39 is 11.6 Å². The lowest BCUT2D eigenvalue weighted by atomic mass is 10.0. The highest BCUT2D eigenvalue weighted by Gasteiger charge is 2.16. The molecule has 4 heteroatoms. The Morgan fingerprint density at radius 2 is 1.14 bits per heavy atom. The summed E-state index contributed by atoms with van der Waals surface area (Å²) < 4.78 is 40.6. The largest absolute Gasteiger partial charge is 0.494 e. The normalized spacial score (nSPS) is 11.2. The van der Waals surface area contributed by atoms with Crippen LogP contribution in [0.25, 0.3) is 21.9 Å². The third-order valence-electron chi connectivity index (χ3n) is 6.69. The summed E-state index contributed by atoms with van der Waals surface area (Å²) in [6, 6.07) is 14.9. The van der Waals surface area contributed by atoms with Crippen molar-refractivity contribution in [2.45, 2.75) is 90.9 Å². The number of unbranched alkanes of at least 4 members (excludes halogenated alkanes) is 10. The van der Waals surface area contributed by atoms with Crippen LogP contribution in [0.4, 0.5) is 8.78 Å². The van der Waals surface area contributed by atoms with Gasteiger partial charge in [0.25, 0.3) is 0 Å². The van der Waals surface area contributed by atoms with Crippen LogP contribution in [0.5, 0.6) is 11.5 Å². The highest BCUT2D eigenvalue weighted by Crippen LogP contribution is 2.34. The topological polar surface area (TPSA) is 18.5 Å². The van der Waals surface area contributed by atoms with E-state index in [0.29, 0.717) is 17.4 Å². The zero-order valence-electron chi connectivity index (χ0n) is 22.1. The quantitative estimate of drug-likeness (QED) is 0.173. The Labute approximate surface area is 216 Å². The summed E-state index contributed by atoms with van der Waals surface area (Å²) in [4.78, 5) is 0. The van der Waals surface area contributed by atoms with Crippen LogP contribution in [-0.2, 0) is 0 Å². The fraction of sp³-hybridized carbons (Fsp3) is 0.500. The lowest BCUT2D eigenvalue weighted by Crippen LogP contribution is -2.02. The third kappa shape index (κ3) is 8.50. The van der Waals surface area contributed by atoms with Crippen molar-refractivity contribution in [3.8, 4) is 22.6 Å².